The summed E-state index contributed by atoms with van der Waals surface area (Å²) in [5.41, 5.74) is 1.13. The van der Waals surface area contributed by atoms with Gasteiger partial charge in [0.2, 0.25) is 0 Å². The summed E-state index contributed by atoms with van der Waals surface area (Å²) in [5, 5.41) is 11.3. The van der Waals surface area contributed by atoms with Crippen LogP contribution in [-0.4, -0.2) is 73.1 Å². The highest BCUT2D eigenvalue weighted by Crippen LogP contribution is 2.42. The second-order valence-corrected chi connectivity index (χ2v) is 9.06. The highest BCUT2D eigenvalue weighted by Gasteiger charge is 2.46. The molecule has 194 valence electrons. The number of Topliss-reactive ketones (excluding diaryl/α,β-unsaturated/α-hetero) is 1. The van der Waals surface area contributed by atoms with Crippen LogP contribution < -0.4 is 14.2 Å². The van der Waals surface area contributed by atoms with Gasteiger partial charge < -0.3 is 29.1 Å². The molecule has 0 aliphatic carbocycles. The van der Waals surface area contributed by atoms with Crippen molar-refractivity contribution in [2.75, 3.05) is 40.4 Å². The number of amides is 1. The van der Waals surface area contributed by atoms with E-state index in [1.807, 2.05) is 46.7 Å². The van der Waals surface area contributed by atoms with Crippen molar-refractivity contribution in [2.45, 2.75) is 39.8 Å². The number of aliphatic hydroxyl groups is 1. The molecule has 1 N–H and O–H groups in total. The first kappa shape index (κ1) is 27.1. The van der Waals surface area contributed by atoms with Crippen LogP contribution in [0.5, 0.6) is 17.2 Å². The predicted molar refractivity (Wildman–Crippen MR) is 139 cm³/mol. The van der Waals surface area contributed by atoms with Crippen LogP contribution in [0.3, 0.4) is 0 Å². The third-order valence-electron chi connectivity index (χ3n) is 5.71. The fourth-order valence-electron chi connectivity index (χ4n) is 4.12. The Hall–Kier alpha value is -3.52. The Morgan fingerprint density at radius 2 is 1.64 bits per heavy atom. The van der Waals surface area contributed by atoms with E-state index >= 15 is 0 Å². The maximum absolute atomic E-state index is 13.2. The van der Waals surface area contributed by atoms with Crippen LogP contribution in [0.4, 0.5) is 0 Å². The Labute approximate surface area is 213 Å². The predicted octanol–water partition coefficient (Wildman–Crippen LogP) is 4.25. The van der Waals surface area contributed by atoms with Crippen molar-refractivity contribution < 1.29 is 28.9 Å². The lowest BCUT2D eigenvalue weighted by molar-refractivity contribution is -0.140. The number of ether oxygens (including phenoxy) is 3. The quantitative estimate of drug-likeness (QED) is 0.283. The first-order valence-corrected chi connectivity index (χ1v) is 12.3. The van der Waals surface area contributed by atoms with Gasteiger partial charge in [-0.15, -0.1) is 0 Å². The van der Waals surface area contributed by atoms with Crippen LogP contribution in [0, 0.1) is 0 Å². The minimum Gasteiger partial charge on any atom is -0.507 e. The van der Waals surface area contributed by atoms with Gasteiger partial charge in [0.05, 0.1) is 30.9 Å². The summed E-state index contributed by atoms with van der Waals surface area (Å²) in [6, 6.07) is 11.4. The molecule has 1 amide bonds. The molecule has 0 spiro atoms. The van der Waals surface area contributed by atoms with Crippen LogP contribution in [-0.2, 0) is 9.59 Å². The van der Waals surface area contributed by atoms with Crippen molar-refractivity contribution in [3.63, 3.8) is 0 Å². The Balaban J connectivity index is 2.13. The van der Waals surface area contributed by atoms with E-state index in [9.17, 15) is 14.7 Å². The Bertz CT molecular complexity index is 1110. The van der Waals surface area contributed by atoms with E-state index in [1.165, 1.54) is 4.90 Å². The molecule has 1 atom stereocenters. The third kappa shape index (κ3) is 5.99. The number of likely N-dealkylation sites (tertiary alicyclic amines) is 1. The number of nitrogens with zero attached hydrogens (tertiary/aromatic N) is 2. The van der Waals surface area contributed by atoms with Crippen molar-refractivity contribution in [2.24, 2.45) is 0 Å². The monoisotopic (exact) mass is 496 g/mol. The normalized spacial score (nSPS) is 17.2. The summed E-state index contributed by atoms with van der Waals surface area (Å²) in [6.07, 6.45) is 0.00524. The molecule has 0 unspecified atom stereocenters. The standard InChI is InChI=1S/C28H36N2O6/c1-7-34-22-14-11-20(17-23(22)35-8-2)25-24(27(32)28(33)30(25)16-15-29(5)6)26(31)19-9-12-21(13-10-19)36-18(3)4/h9-14,17-18,25,31H,7-8,15-16H2,1-6H3/b26-24+/t25-/m1/s1. The first-order valence-electron chi connectivity index (χ1n) is 12.3. The van der Waals surface area contributed by atoms with Gasteiger partial charge in [0.15, 0.2) is 11.5 Å². The second-order valence-electron chi connectivity index (χ2n) is 9.06. The van der Waals surface area contributed by atoms with Crippen LogP contribution >= 0.6 is 0 Å². The molecule has 0 aromatic heterocycles. The molecule has 1 aliphatic heterocycles. The first-order chi connectivity index (χ1) is 17.2. The maximum atomic E-state index is 13.2. The van der Waals surface area contributed by atoms with Gasteiger partial charge in [0.25, 0.3) is 11.7 Å². The fourth-order valence-corrected chi connectivity index (χ4v) is 4.12. The zero-order valence-corrected chi connectivity index (χ0v) is 21.9. The zero-order chi connectivity index (χ0) is 26.4. The van der Waals surface area contributed by atoms with Crippen molar-refractivity contribution in [1.82, 2.24) is 9.80 Å². The van der Waals surface area contributed by atoms with Gasteiger partial charge in [0.1, 0.15) is 11.5 Å². The molecule has 1 heterocycles. The molecule has 2 aromatic carbocycles. The summed E-state index contributed by atoms with van der Waals surface area (Å²) < 4.78 is 17.2. The summed E-state index contributed by atoms with van der Waals surface area (Å²) in [4.78, 5) is 29.8. The van der Waals surface area contributed by atoms with Crippen molar-refractivity contribution in [1.29, 1.82) is 0 Å². The number of rotatable bonds is 11. The van der Waals surface area contributed by atoms with Crippen molar-refractivity contribution in [3.05, 3.63) is 59.2 Å². The molecular weight excluding hydrogens is 460 g/mol. The highest BCUT2D eigenvalue weighted by molar-refractivity contribution is 6.46. The highest BCUT2D eigenvalue weighted by atomic mass is 16.5. The molecular formula is C28H36N2O6. The lowest BCUT2D eigenvalue weighted by Crippen LogP contribution is -2.35. The lowest BCUT2D eigenvalue weighted by atomic mass is 9.95. The summed E-state index contributed by atoms with van der Waals surface area (Å²) in [5.74, 6) is 0.158. The molecule has 8 nitrogen and oxygen atoms in total. The second kappa shape index (κ2) is 11.9. The summed E-state index contributed by atoms with van der Waals surface area (Å²) >= 11 is 0. The van der Waals surface area contributed by atoms with Crippen molar-refractivity contribution >= 4 is 17.4 Å². The average Bonchev–Trinajstić information content (AvgIpc) is 3.08. The fraction of sp³-hybridized carbons (Fsp3) is 0.429. The number of hydrogen-bond acceptors (Lipinski definition) is 7. The number of carbonyl (C=O) groups is 2. The van der Waals surface area contributed by atoms with Gasteiger partial charge in [0, 0.05) is 18.7 Å². The van der Waals surface area contributed by atoms with Crippen LogP contribution in [0.1, 0.15) is 44.9 Å². The molecule has 8 heteroatoms. The van der Waals surface area contributed by atoms with Crippen LogP contribution in [0.15, 0.2) is 48.0 Å². The Morgan fingerprint density at radius 1 is 1.00 bits per heavy atom. The molecule has 0 radical (unpaired) electrons. The van der Waals surface area contributed by atoms with Crippen LogP contribution in [0.25, 0.3) is 5.76 Å². The number of benzene rings is 2. The molecule has 3 rings (SSSR count). The van der Waals surface area contributed by atoms with Crippen molar-refractivity contribution in [3.8, 4) is 17.2 Å². The molecule has 36 heavy (non-hydrogen) atoms. The van der Waals surface area contributed by atoms with Gasteiger partial charge >= 0.3 is 0 Å². The molecule has 0 bridgehead atoms. The van der Waals surface area contributed by atoms with Gasteiger partial charge in [-0.25, -0.2) is 0 Å². The average molecular weight is 497 g/mol. The summed E-state index contributed by atoms with van der Waals surface area (Å²) in [7, 11) is 3.80. The number of likely N-dealkylation sites (N-methyl/N-ethyl adjacent to an activating group) is 1. The Morgan fingerprint density at radius 3 is 2.22 bits per heavy atom. The SMILES string of the molecule is CCOc1ccc([C@@H]2/C(=C(\O)c3ccc(OC(C)C)cc3)C(=O)C(=O)N2CCN(C)C)cc1OCC. The largest absolute Gasteiger partial charge is 0.507 e. The number of hydrogen-bond donors (Lipinski definition) is 1. The topological polar surface area (TPSA) is 88.5 Å². The zero-order valence-electron chi connectivity index (χ0n) is 21.9. The number of carbonyl (C=O) groups excluding carboxylic acids is 2. The van der Waals surface area contributed by atoms with E-state index < -0.39 is 17.7 Å². The van der Waals surface area contributed by atoms with Gasteiger partial charge in [-0.3, -0.25) is 9.59 Å². The third-order valence-corrected chi connectivity index (χ3v) is 5.71. The van der Waals surface area contributed by atoms with Gasteiger partial charge in [-0.2, -0.15) is 0 Å². The number of ketones is 1. The molecule has 1 saturated heterocycles. The molecule has 1 aliphatic rings. The van der Waals surface area contributed by atoms with E-state index in [1.54, 1.807) is 42.5 Å². The summed E-state index contributed by atoms with van der Waals surface area (Å²) in [6.45, 7) is 9.38. The molecule has 0 saturated carbocycles. The minimum absolute atomic E-state index is 0.00524. The van der Waals surface area contributed by atoms with Gasteiger partial charge in [-0.1, -0.05) is 6.07 Å². The van der Waals surface area contributed by atoms with E-state index in [0.29, 0.717) is 54.7 Å². The maximum Gasteiger partial charge on any atom is 0.295 e. The Kier molecular flexibility index (Phi) is 8.98. The minimum atomic E-state index is -0.772. The van der Waals surface area contributed by atoms with E-state index in [2.05, 4.69) is 0 Å². The number of aliphatic hydroxyl groups excluding tert-OH is 1. The van der Waals surface area contributed by atoms with E-state index in [0.717, 1.165) is 0 Å². The lowest BCUT2D eigenvalue weighted by Gasteiger charge is -2.27. The van der Waals surface area contributed by atoms with Gasteiger partial charge in [-0.05, 0) is 83.8 Å². The smallest absolute Gasteiger partial charge is 0.295 e. The molecule has 1 fully saturated rings. The van der Waals surface area contributed by atoms with E-state index in [4.69, 9.17) is 14.2 Å². The van der Waals surface area contributed by atoms with E-state index in [-0.39, 0.29) is 17.4 Å². The molecule has 2 aromatic rings. The van der Waals surface area contributed by atoms with Crippen LogP contribution in [0.2, 0.25) is 0 Å².